The highest BCUT2D eigenvalue weighted by atomic mass is 32.2. The zero-order valence-electron chi connectivity index (χ0n) is 24.6. The second-order valence-corrected chi connectivity index (χ2v) is 17.1. The molecule has 6 aliphatic rings. The maximum atomic E-state index is 13.5. The van der Waals surface area contributed by atoms with E-state index in [2.05, 4.69) is 52.0 Å². The van der Waals surface area contributed by atoms with E-state index >= 15 is 0 Å². The Morgan fingerprint density at radius 3 is 1.82 bits per heavy atom. The first-order chi connectivity index (χ1) is 18.3. The van der Waals surface area contributed by atoms with Crippen LogP contribution in [0.3, 0.4) is 0 Å². The monoisotopic (exact) mass is 548 g/mol. The highest BCUT2D eigenvalue weighted by Crippen LogP contribution is 2.71. The van der Waals surface area contributed by atoms with Gasteiger partial charge in [-0.25, -0.2) is 0 Å². The number of rotatable bonds is 5. The van der Waals surface area contributed by atoms with Gasteiger partial charge in [0.1, 0.15) is 4.90 Å². The zero-order valence-corrected chi connectivity index (χ0v) is 25.4. The van der Waals surface area contributed by atoms with Crippen molar-refractivity contribution >= 4 is 10.1 Å². The van der Waals surface area contributed by atoms with Crippen LogP contribution in [0.2, 0.25) is 0 Å². The predicted octanol–water partition coefficient (Wildman–Crippen LogP) is 8.96. The molecule has 0 saturated heterocycles. The predicted molar refractivity (Wildman–Crippen MR) is 158 cm³/mol. The number of hydrogen-bond donors (Lipinski definition) is 1. The lowest BCUT2D eigenvalue weighted by molar-refractivity contribution is 0.293. The topological polar surface area (TPSA) is 54.4 Å². The standard InChI is InChI=1S/C35H48O3S/c1-5-35-21-28(35)20-34(4,22-35)27-14-29(32(2)16-23-8-6-9-24(12-23)17-32)31(39(36,37)38)30(15-27)33(3)18-25-10-7-11-26(13-25)19-33/h14-16,18,24,26,28H,5-13,17,19-22H2,1-4H3,(H,36,37,38). The molecule has 7 rings (SSSR count). The fourth-order valence-electron chi connectivity index (χ4n) is 10.8. The molecule has 0 aromatic heterocycles. The van der Waals surface area contributed by atoms with E-state index in [4.69, 9.17) is 0 Å². The molecular formula is C35H48O3S. The zero-order chi connectivity index (χ0) is 27.4. The molecule has 0 amide bonds. The summed E-state index contributed by atoms with van der Waals surface area (Å²) in [5.41, 5.74) is 5.87. The van der Waals surface area contributed by atoms with Crippen LogP contribution in [0.4, 0.5) is 0 Å². The maximum Gasteiger partial charge on any atom is 0.295 e. The van der Waals surface area contributed by atoms with Crippen molar-refractivity contribution in [2.75, 3.05) is 0 Å². The average Bonchev–Trinajstić information content (AvgIpc) is 3.43. The van der Waals surface area contributed by atoms with E-state index < -0.39 is 10.1 Å². The van der Waals surface area contributed by atoms with Gasteiger partial charge in [-0.1, -0.05) is 69.5 Å². The van der Waals surface area contributed by atoms with Gasteiger partial charge < -0.3 is 0 Å². The van der Waals surface area contributed by atoms with Crippen LogP contribution < -0.4 is 0 Å². The van der Waals surface area contributed by atoms with Crippen molar-refractivity contribution in [3.8, 4) is 0 Å². The molecule has 212 valence electrons. The molecule has 7 unspecified atom stereocenters. The Kier molecular flexibility index (Phi) is 5.82. The fourth-order valence-corrected chi connectivity index (χ4v) is 11.9. The minimum Gasteiger partial charge on any atom is -0.282 e. The molecule has 39 heavy (non-hydrogen) atoms. The van der Waals surface area contributed by atoms with Gasteiger partial charge in [0.25, 0.3) is 10.1 Å². The Hall–Kier alpha value is -1.39. The van der Waals surface area contributed by atoms with Crippen molar-refractivity contribution < 1.29 is 13.0 Å². The Labute approximate surface area is 236 Å². The van der Waals surface area contributed by atoms with Gasteiger partial charge in [0.15, 0.2) is 0 Å². The van der Waals surface area contributed by atoms with Crippen molar-refractivity contribution in [1.82, 2.24) is 0 Å². The summed E-state index contributed by atoms with van der Waals surface area (Å²) in [7, 11) is -4.42. The summed E-state index contributed by atoms with van der Waals surface area (Å²) < 4.78 is 38.1. The maximum absolute atomic E-state index is 13.5. The molecule has 0 radical (unpaired) electrons. The molecule has 4 bridgehead atoms. The van der Waals surface area contributed by atoms with Gasteiger partial charge in [0.05, 0.1) is 0 Å². The Morgan fingerprint density at radius 1 is 0.846 bits per heavy atom. The van der Waals surface area contributed by atoms with E-state index in [1.165, 1.54) is 68.1 Å². The molecule has 0 heterocycles. The van der Waals surface area contributed by atoms with Crippen LogP contribution in [0.5, 0.6) is 0 Å². The lowest BCUT2D eigenvalue weighted by atomic mass is 9.61. The highest BCUT2D eigenvalue weighted by molar-refractivity contribution is 7.86. The van der Waals surface area contributed by atoms with Crippen LogP contribution in [0.25, 0.3) is 0 Å². The smallest absolute Gasteiger partial charge is 0.282 e. The molecule has 4 saturated carbocycles. The molecular weight excluding hydrogens is 500 g/mol. The summed E-state index contributed by atoms with van der Waals surface area (Å²) in [6, 6.07) is 4.53. The van der Waals surface area contributed by atoms with Crippen LogP contribution in [-0.2, 0) is 26.4 Å². The van der Waals surface area contributed by atoms with Crippen LogP contribution in [0.15, 0.2) is 40.3 Å². The molecule has 4 heteroatoms. The summed E-state index contributed by atoms with van der Waals surface area (Å²) >= 11 is 0. The first kappa shape index (κ1) is 26.5. The van der Waals surface area contributed by atoms with Crippen molar-refractivity contribution in [1.29, 1.82) is 0 Å². The lowest BCUT2D eigenvalue weighted by Crippen LogP contribution is -2.36. The SMILES string of the molecule is CCC12CC1CC(C)(c1cc(C3(C)C=C4CCCC(C4)C3)c(S(=O)(=O)O)c(C3(C)C=C4CCCC(C4)C3)c1)C2. The molecule has 1 aromatic carbocycles. The molecule has 3 nitrogen and oxygen atoms in total. The van der Waals surface area contributed by atoms with Crippen LogP contribution in [0, 0.1) is 23.2 Å². The molecule has 7 atom stereocenters. The molecule has 1 aromatic rings. The second kappa shape index (κ2) is 8.57. The largest absolute Gasteiger partial charge is 0.295 e. The summed E-state index contributed by atoms with van der Waals surface area (Å²) in [6.07, 6.45) is 21.3. The highest BCUT2D eigenvalue weighted by Gasteiger charge is 2.63. The average molecular weight is 549 g/mol. The van der Waals surface area contributed by atoms with Gasteiger partial charge in [0.2, 0.25) is 0 Å². The van der Waals surface area contributed by atoms with Gasteiger partial charge in [-0.05, 0) is 129 Å². The number of hydrogen-bond acceptors (Lipinski definition) is 2. The van der Waals surface area contributed by atoms with Crippen LogP contribution in [0.1, 0.15) is 134 Å². The minimum atomic E-state index is -4.42. The van der Waals surface area contributed by atoms with Gasteiger partial charge in [-0.15, -0.1) is 0 Å². The van der Waals surface area contributed by atoms with E-state index in [1.54, 1.807) is 0 Å². The van der Waals surface area contributed by atoms with E-state index in [0.717, 1.165) is 55.6 Å². The lowest BCUT2D eigenvalue weighted by Gasteiger charge is -2.44. The van der Waals surface area contributed by atoms with E-state index in [9.17, 15) is 13.0 Å². The number of benzene rings is 1. The van der Waals surface area contributed by atoms with Crippen molar-refractivity contribution in [3.63, 3.8) is 0 Å². The van der Waals surface area contributed by atoms with Crippen LogP contribution in [-0.4, -0.2) is 13.0 Å². The quantitative estimate of drug-likeness (QED) is 0.295. The Bertz CT molecular complexity index is 1320. The number of allylic oxidation sites excluding steroid dienone is 4. The Balaban J connectivity index is 1.48. The molecule has 0 aliphatic heterocycles. The summed E-state index contributed by atoms with van der Waals surface area (Å²) in [6.45, 7) is 9.33. The van der Waals surface area contributed by atoms with Gasteiger partial charge in [0, 0.05) is 10.8 Å². The summed E-state index contributed by atoms with van der Waals surface area (Å²) in [5.74, 6) is 2.02. The summed E-state index contributed by atoms with van der Waals surface area (Å²) in [5, 5.41) is 0. The van der Waals surface area contributed by atoms with Gasteiger partial charge in [-0.2, -0.15) is 8.42 Å². The summed E-state index contributed by atoms with van der Waals surface area (Å²) in [4.78, 5) is 0.238. The fraction of sp³-hybridized carbons (Fsp3) is 0.714. The van der Waals surface area contributed by atoms with E-state index in [0.29, 0.717) is 17.3 Å². The normalized spacial score (nSPS) is 42.9. The van der Waals surface area contributed by atoms with Crippen molar-refractivity contribution in [3.05, 3.63) is 52.1 Å². The number of fused-ring (bicyclic) bond motifs is 5. The molecule has 6 aliphatic carbocycles. The molecule has 1 N–H and O–H groups in total. The van der Waals surface area contributed by atoms with Crippen molar-refractivity contribution in [2.45, 2.75) is 139 Å². The first-order valence-corrected chi connectivity index (χ1v) is 17.4. The minimum absolute atomic E-state index is 0.0578. The van der Waals surface area contributed by atoms with E-state index in [-0.39, 0.29) is 21.1 Å². The molecule has 0 spiro atoms. The van der Waals surface area contributed by atoms with Crippen molar-refractivity contribution in [2.24, 2.45) is 23.2 Å². The Morgan fingerprint density at radius 2 is 1.38 bits per heavy atom. The molecule has 4 fully saturated rings. The third-order valence-corrected chi connectivity index (χ3v) is 13.5. The van der Waals surface area contributed by atoms with Crippen LogP contribution >= 0.6 is 0 Å². The second-order valence-electron chi connectivity index (χ2n) is 15.7. The van der Waals surface area contributed by atoms with E-state index in [1.807, 2.05) is 0 Å². The van der Waals surface area contributed by atoms with Gasteiger partial charge >= 0.3 is 0 Å². The third-order valence-electron chi connectivity index (χ3n) is 12.6. The van der Waals surface area contributed by atoms with Gasteiger partial charge in [-0.3, -0.25) is 4.55 Å². The first-order valence-electron chi connectivity index (χ1n) is 15.9. The third kappa shape index (κ3) is 4.25.